The van der Waals surface area contributed by atoms with E-state index < -0.39 is 0 Å². The number of hydrogen-bond donors (Lipinski definition) is 2. The maximum Gasteiger partial charge on any atom is 0.134 e. The maximum atomic E-state index is 5.10. The Morgan fingerprint density at radius 1 is 1.26 bits per heavy atom. The van der Waals surface area contributed by atoms with Gasteiger partial charge in [0.15, 0.2) is 0 Å². The van der Waals surface area contributed by atoms with Crippen molar-refractivity contribution >= 4 is 11.6 Å². The van der Waals surface area contributed by atoms with Gasteiger partial charge < -0.3 is 15.4 Å². The molecule has 0 fully saturated rings. The van der Waals surface area contributed by atoms with E-state index in [9.17, 15) is 0 Å². The summed E-state index contributed by atoms with van der Waals surface area (Å²) in [6.45, 7) is 7.06. The van der Waals surface area contributed by atoms with Gasteiger partial charge in [0.2, 0.25) is 0 Å². The molecule has 1 rings (SSSR count). The molecular formula is C14H26N4O. The van der Waals surface area contributed by atoms with Crippen LogP contribution in [0.5, 0.6) is 0 Å². The number of nitrogens with zero attached hydrogens (tertiary/aromatic N) is 2. The van der Waals surface area contributed by atoms with Crippen molar-refractivity contribution in [1.82, 2.24) is 9.97 Å². The Labute approximate surface area is 116 Å². The number of rotatable bonds is 8. The van der Waals surface area contributed by atoms with Crippen molar-refractivity contribution in [1.29, 1.82) is 0 Å². The van der Waals surface area contributed by atoms with E-state index in [4.69, 9.17) is 4.74 Å². The molecule has 0 aromatic carbocycles. The van der Waals surface area contributed by atoms with E-state index >= 15 is 0 Å². The third-order valence-corrected chi connectivity index (χ3v) is 3.04. The zero-order chi connectivity index (χ0) is 14.3. The standard InChI is InChI=1S/C14H26N4O/c1-6-7-12-17-13(15-4)11(3)14(18-12)16-10(2)8-9-19-5/h10H,6-9H2,1-5H3,(H2,15,16,17,18). The number of hydrogen-bond acceptors (Lipinski definition) is 5. The summed E-state index contributed by atoms with van der Waals surface area (Å²) in [7, 11) is 3.62. The molecule has 1 aromatic heterocycles. The molecule has 0 saturated carbocycles. The molecule has 5 heteroatoms. The van der Waals surface area contributed by atoms with Gasteiger partial charge in [0, 0.05) is 38.8 Å². The summed E-state index contributed by atoms with van der Waals surface area (Å²) in [4.78, 5) is 9.14. The molecule has 5 nitrogen and oxygen atoms in total. The molecule has 108 valence electrons. The topological polar surface area (TPSA) is 59.1 Å². The number of aromatic nitrogens is 2. The second kappa shape index (κ2) is 7.94. The minimum Gasteiger partial charge on any atom is -0.385 e. The highest BCUT2D eigenvalue weighted by Gasteiger charge is 2.11. The van der Waals surface area contributed by atoms with E-state index in [2.05, 4.69) is 34.4 Å². The monoisotopic (exact) mass is 266 g/mol. The van der Waals surface area contributed by atoms with Gasteiger partial charge in [-0.15, -0.1) is 0 Å². The highest BCUT2D eigenvalue weighted by molar-refractivity contribution is 5.57. The van der Waals surface area contributed by atoms with Crippen LogP contribution >= 0.6 is 0 Å². The lowest BCUT2D eigenvalue weighted by Gasteiger charge is -2.18. The third kappa shape index (κ3) is 4.67. The Balaban J connectivity index is 2.88. The first-order valence-electron chi connectivity index (χ1n) is 6.93. The molecule has 0 saturated heterocycles. The van der Waals surface area contributed by atoms with Crippen molar-refractivity contribution in [2.75, 3.05) is 31.4 Å². The minimum atomic E-state index is 0.327. The molecule has 1 heterocycles. The molecule has 0 aliphatic rings. The quantitative estimate of drug-likeness (QED) is 0.757. The summed E-state index contributed by atoms with van der Waals surface area (Å²) in [5.74, 6) is 2.71. The highest BCUT2D eigenvalue weighted by Crippen LogP contribution is 2.21. The lowest BCUT2D eigenvalue weighted by molar-refractivity contribution is 0.191. The Morgan fingerprint density at radius 2 is 1.95 bits per heavy atom. The summed E-state index contributed by atoms with van der Waals surface area (Å²) >= 11 is 0. The Bertz CT molecular complexity index is 395. The van der Waals surface area contributed by atoms with Gasteiger partial charge in [0.25, 0.3) is 0 Å². The molecule has 0 aliphatic heterocycles. The van der Waals surface area contributed by atoms with E-state index in [0.29, 0.717) is 6.04 Å². The van der Waals surface area contributed by atoms with E-state index in [1.54, 1.807) is 7.11 Å². The second-order valence-corrected chi connectivity index (χ2v) is 4.79. The zero-order valence-corrected chi connectivity index (χ0v) is 12.7. The molecule has 0 spiro atoms. The second-order valence-electron chi connectivity index (χ2n) is 4.79. The first-order valence-corrected chi connectivity index (χ1v) is 6.93. The van der Waals surface area contributed by atoms with E-state index in [0.717, 1.165) is 48.9 Å². The smallest absolute Gasteiger partial charge is 0.134 e. The molecule has 0 amide bonds. The van der Waals surface area contributed by atoms with E-state index in [-0.39, 0.29) is 0 Å². The van der Waals surface area contributed by atoms with Crippen LogP contribution < -0.4 is 10.6 Å². The van der Waals surface area contributed by atoms with Crippen LogP contribution in [0.3, 0.4) is 0 Å². The fourth-order valence-corrected chi connectivity index (χ4v) is 1.88. The average molecular weight is 266 g/mol. The number of methoxy groups -OCH3 is 1. The molecule has 0 radical (unpaired) electrons. The largest absolute Gasteiger partial charge is 0.385 e. The Kier molecular flexibility index (Phi) is 6.56. The van der Waals surface area contributed by atoms with Crippen molar-refractivity contribution in [3.05, 3.63) is 11.4 Å². The van der Waals surface area contributed by atoms with Crippen LogP contribution in [0.1, 0.15) is 38.1 Å². The summed E-state index contributed by atoms with van der Waals surface area (Å²) in [5.41, 5.74) is 1.06. The number of anilines is 2. The van der Waals surface area contributed by atoms with Crippen LogP contribution in [0.15, 0.2) is 0 Å². The number of ether oxygens (including phenoxy) is 1. The predicted molar refractivity (Wildman–Crippen MR) is 79.9 cm³/mol. The van der Waals surface area contributed by atoms with Gasteiger partial charge in [0.05, 0.1) is 0 Å². The van der Waals surface area contributed by atoms with Crippen molar-refractivity contribution in [3.8, 4) is 0 Å². The molecule has 1 aromatic rings. The minimum absolute atomic E-state index is 0.327. The summed E-state index contributed by atoms with van der Waals surface area (Å²) in [5, 5.41) is 6.58. The molecule has 2 N–H and O–H groups in total. The van der Waals surface area contributed by atoms with Crippen LogP contribution in [0.2, 0.25) is 0 Å². The van der Waals surface area contributed by atoms with Crippen LogP contribution in [0.25, 0.3) is 0 Å². The SMILES string of the molecule is CCCc1nc(NC)c(C)c(NC(C)CCOC)n1. The first kappa shape index (κ1) is 15.7. The molecular weight excluding hydrogens is 240 g/mol. The first-order chi connectivity index (χ1) is 9.12. The predicted octanol–water partition coefficient (Wildman–Crippen LogP) is 2.62. The number of nitrogens with one attached hydrogen (secondary N) is 2. The molecule has 0 bridgehead atoms. The molecule has 1 atom stereocenters. The summed E-state index contributed by atoms with van der Waals surface area (Å²) in [6, 6.07) is 0.327. The third-order valence-electron chi connectivity index (χ3n) is 3.04. The van der Waals surface area contributed by atoms with E-state index in [1.165, 1.54) is 0 Å². The zero-order valence-electron chi connectivity index (χ0n) is 12.7. The highest BCUT2D eigenvalue weighted by atomic mass is 16.5. The van der Waals surface area contributed by atoms with Crippen LogP contribution in [-0.2, 0) is 11.2 Å². The van der Waals surface area contributed by atoms with Crippen LogP contribution in [-0.4, -0.2) is 36.8 Å². The normalized spacial score (nSPS) is 12.3. The Morgan fingerprint density at radius 3 is 2.53 bits per heavy atom. The van der Waals surface area contributed by atoms with Gasteiger partial charge in [-0.1, -0.05) is 6.92 Å². The van der Waals surface area contributed by atoms with Gasteiger partial charge in [0.1, 0.15) is 17.5 Å². The lowest BCUT2D eigenvalue weighted by Crippen LogP contribution is -2.20. The van der Waals surface area contributed by atoms with Gasteiger partial charge in [-0.3, -0.25) is 0 Å². The molecule has 1 unspecified atom stereocenters. The average Bonchev–Trinajstić information content (AvgIpc) is 2.40. The van der Waals surface area contributed by atoms with Crippen molar-refractivity contribution < 1.29 is 4.74 Å². The fourth-order valence-electron chi connectivity index (χ4n) is 1.88. The summed E-state index contributed by atoms with van der Waals surface area (Å²) < 4.78 is 5.10. The van der Waals surface area contributed by atoms with Gasteiger partial charge >= 0.3 is 0 Å². The van der Waals surface area contributed by atoms with Crippen molar-refractivity contribution in [2.24, 2.45) is 0 Å². The van der Waals surface area contributed by atoms with Gasteiger partial charge in [-0.05, 0) is 26.7 Å². The molecule has 19 heavy (non-hydrogen) atoms. The Hall–Kier alpha value is -1.36. The summed E-state index contributed by atoms with van der Waals surface area (Å²) in [6.07, 6.45) is 2.90. The lowest BCUT2D eigenvalue weighted by atomic mass is 10.2. The van der Waals surface area contributed by atoms with E-state index in [1.807, 2.05) is 14.0 Å². The van der Waals surface area contributed by atoms with Gasteiger partial charge in [-0.25, -0.2) is 9.97 Å². The van der Waals surface area contributed by atoms with Crippen LogP contribution in [0, 0.1) is 6.92 Å². The van der Waals surface area contributed by atoms with Crippen LogP contribution in [0.4, 0.5) is 11.6 Å². The number of aryl methyl sites for hydroxylation is 1. The van der Waals surface area contributed by atoms with Crippen molar-refractivity contribution in [3.63, 3.8) is 0 Å². The van der Waals surface area contributed by atoms with Gasteiger partial charge in [-0.2, -0.15) is 0 Å². The maximum absolute atomic E-state index is 5.10. The van der Waals surface area contributed by atoms with Crippen molar-refractivity contribution in [2.45, 2.75) is 46.1 Å². The molecule has 0 aliphatic carbocycles. The fraction of sp³-hybridized carbons (Fsp3) is 0.714.